The van der Waals surface area contributed by atoms with Crippen molar-refractivity contribution >= 4 is 5.91 Å². The molecule has 216 valence electrons. The van der Waals surface area contributed by atoms with Crippen molar-refractivity contribution in [2.75, 3.05) is 26.4 Å². The molecule has 5 nitrogen and oxygen atoms in total. The van der Waals surface area contributed by atoms with E-state index in [-0.39, 0.29) is 22.9 Å². The Morgan fingerprint density at radius 1 is 0.762 bits per heavy atom. The van der Waals surface area contributed by atoms with E-state index in [4.69, 9.17) is 15.2 Å². The third-order valence-corrected chi connectivity index (χ3v) is 9.87. The van der Waals surface area contributed by atoms with E-state index in [0.717, 1.165) is 66.1 Å². The van der Waals surface area contributed by atoms with Gasteiger partial charge in [0.1, 0.15) is 6.54 Å². The Balaban J connectivity index is 0.00000316. The number of hydrogen-bond acceptors (Lipinski definition) is 3. The number of benzene rings is 4. The number of piperidine rings is 1. The first-order valence-corrected chi connectivity index (χ1v) is 14.7. The highest BCUT2D eigenvalue weighted by Gasteiger charge is 2.64. The summed E-state index contributed by atoms with van der Waals surface area (Å²) < 4.78 is 12.2. The molecule has 0 radical (unpaired) electrons. The summed E-state index contributed by atoms with van der Waals surface area (Å²) in [4.78, 5) is 13.4. The van der Waals surface area contributed by atoms with E-state index in [9.17, 15) is 4.79 Å². The number of nitrogens with two attached hydrogens (primary N) is 1. The average Bonchev–Trinajstić information content (AvgIpc) is 3.32. The van der Waals surface area contributed by atoms with Crippen LogP contribution in [0.2, 0.25) is 0 Å². The van der Waals surface area contributed by atoms with Gasteiger partial charge in [-0.2, -0.15) is 0 Å². The number of quaternary nitrogens is 1. The lowest BCUT2D eigenvalue weighted by atomic mass is 9.69. The Kier molecular flexibility index (Phi) is 7.86. The van der Waals surface area contributed by atoms with Crippen LogP contribution in [0.25, 0.3) is 0 Å². The molecule has 3 aliphatic rings. The van der Waals surface area contributed by atoms with Crippen LogP contribution >= 0.6 is 0 Å². The number of halogens is 1. The van der Waals surface area contributed by atoms with Gasteiger partial charge in [-0.15, -0.1) is 0 Å². The minimum absolute atomic E-state index is 0. The van der Waals surface area contributed by atoms with Crippen molar-refractivity contribution < 1.29 is 35.7 Å². The lowest BCUT2D eigenvalue weighted by molar-refractivity contribution is -0.934. The van der Waals surface area contributed by atoms with Crippen molar-refractivity contribution in [1.82, 2.24) is 0 Å². The molecule has 0 spiro atoms. The molecular formula is C36H37BrN2O3. The van der Waals surface area contributed by atoms with E-state index < -0.39 is 5.41 Å². The van der Waals surface area contributed by atoms with Crippen LogP contribution in [0.4, 0.5) is 0 Å². The van der Waals surface area contributed by atoms with Crippen LogP contribution in [0.1, 0.15) is 28.7 Å². The second kappa shape index (κ2) is 11.6. The number of hydrogen-bond donors (Lipinski definition) is 1. The van der Waals surface area contributed by atoms with E-state index >= 15 is 0 Å². The fourth-order valence-electron chi connectivity index (χ4n) is 7.75. The summed E-state index contributed by atoms with van der Waals surface area (Å²) in [5.41, 5.74) is 10.2. The maximum absolute atomic E-state index is 13.4. The van der Waals surface area contributed by atoms with Gasteiger partial charge < -0.3 is 36.7 Å². The number of ether oxygens (including phenoxy) is 2. The van der Waals surface area contributed by atoms with Crippen LogP contribution in [0.5, 0.6) is 11.5 Å². The van der Waals surface area contributed by atoms with Crippen molar-refractivity contribution in [2.45, 2.75) is 24.8 Å². The molecule has 2 heterocycles. The van der Waals surface area contributed by atoms with Crippen molar-refractivity contribution in [2.24, 2.45) is 23.5 Å². The lowest BCUT2D eigenvalue weighted by Gasteiger charge is -2.38. The highest BCUT2D eigenvalue weighted by molar-refractivity contribution is 5.91. The Bertz CT molecular complexity index is 1480. The second-order valence-electron chi connectivity index (χ2n) is 12.2. The third-order valence-electron chi connectivity index (χ3n) is 9.87. The molecule has 42 heavy (non-hydrogen) atoms. The first-order chi connectivity index (χ1) is 20.1. The Morgan fingerprint density at radius 3 is 1.93 bits per heavy atom. The van der Waals surface area contributed by atoms with Crippen LogP contribution in [0.15, 0.2) is 109 Å². The van der Waals surface area contributed by atoms with Gasteiger partial charge >= 0.3 is 0 Å². The van der Waals surface area contributed by atoms with E-state index in [1.54, 1.807) is 0 Å². The van der Waals surface area contributed by atoms with E-state index in [0.29, 0.717) is 24.5 Å². The number of amides is 1. The molecule has 2 aliphatic heterocycles. The summed E-state index contributed by atoms with van der Waals surface area (Å²) in [6, 6.07) is 37.6. The number of fused-ring (bicyclic) bond motifs is 2. The molecule has 7 rings (SSSR count). The molecule has 1 saturated carbocycles. The first-order valence-electron chi connectivity index (χ1n) is 14.7. The van der Waals surface area contributed by atoms with E-state index in [2.05, 4.69) is 66.7 Å². The molecule has 2 fully saturated rings. The Labute approximate surface area is 258 Å². The van der Waals surface area contributed by atoms with Gasteiger partial charge in [-0.3, -0.25) is 4.79 Å². The quantitative estimate of drug-likeness (QED) is 0.276. The Hall–Kier alpha value is -3.61. The van der Waals surface area contributed by atoms with Crippen LogP contribution in [-0.4, -0.2) is 36.8 Å². The van der Waals surface area contributed by atoms with Gasteiger partial charge in [0, 0.05) is 23.8 Å². The molecule has 6 heteroatoms. The van der Waals surface area contributed by atoms with Gasteiger partial charge in [0.05, 0.1) is 25.0 Å². The third kappa shape index (κ3) is 5.23. The maximum Gasteiger partial charge on any atom is 0.232 e. The molecule has 1 amide bonds. The van der Waals surface area contributed by atoms with Gasteiger partial charge in [-0.25, -0.2) is 0 Å². The summed E-state index contributed by atoms with van der Waals surface area (Å²) in [5, 5.41) is 0. The van der Waals surface area contributed by atoms with E-state index in [1.165, 1.54) is 11.1 Å². The number of carbonyl (C=O) groups excluding carboxylic acids is 1. The monoisotopic (exact) mass is 624 g/mol. The topological polar surface area (TPSA) is 61.6 Å². The van der Waals surface area contributed by atoms with Crippen LogP contribution in [0.3, 0.4) is 0 Å². The standard InChI is InChI=1S/C36H36N2O3.BrH/c37-35(39)36(28-12-6-2-7-13-28,29-14-8-3-9-15-29)21-30-31-23-38(24-32(30)31,22-27-10-4-1-5-11-27)19-18-26-16-17-33-34(20-26)41-25-40-33;/h1-17,20,30-32H,18-19,21-25H2,(H-,37,39);1H. The van der Waals surface area contributed by atoms with Gasteiger partial charge in [0.2, 0.25) is 12.7 Å². The van der Waals surface area contributed by atoms with Gasteiger partial charge in [-0.05, 0) is 41.2 Å². The maximum atomic E-state index is 13.4. The zero-order chi connectivity index (χ0) is 27.9. The lowest BCUT2D eigenvalue weighted by Crippen LogP contribution is -3.00. The van der Waals surface area contributed by atoms with Crippen molar-refractivity contribution in [3.63, 3.8) is 0 Å². The molecule has 4 aromatic carbocycles. The zero-order valence-electron chi connectivity index (χ0n) is 23.7. The predicted octanol–water partition coefficient (Wildman–Crippen LogP) is 2.72. The highest BCUT2D eigenvalue weighted by atomic mass is 79.9. The van der Waals surface area contributed by atoms with Crippen LogP contribution in [-0.2, 0) is 23.2 Å². The fraction of sp³-hybridized carbons (Fsp3) is 0.306. The zero-order valence-corrected chi connectivity index (χ0v) is 25.3. The molecule has 2 N–H and O–H groups in total. The largest absolute Gasteiger partial charge is 1.00 e. The number of likely N-dealkylation sites (tertiary alicyclic amines) is 1. The van der Waals surface area contributed by atoms with Crippen LogP contribution in [0, 0.1) is 17.8 Å². The van der Waals surface area contributed by atoms with Crippen molar-refractivity contribution in [3.05, 3.63) is 131 Å². The summed E-state index contributed by atoms with van der Waals surface area (Å²) in [5.74, 6) is 3.11. The molecule has 0 aromatic heterocycles. The van der Waals surface area contributed by atoms with Crippen LogP contribution < -0.4 is 32.2 Å². The van der Waals surface area contributed by atoms with Gasteiger partial charge in [-0.1, -0.05) is 97.1 Å². The molecule has 1 saturated heterocycles. The van der Waals surface area contributed by atoms with Gasteiger partial charge in [0.25, 0.3) is 0 Å². The van der Waals surface area contributed by atoms with Crippen molar-refractivity contribution in [3.8, 4) is 11.5 Å². The number of primary amides is 1. The molecular weight excluding hydrogens is 588 g/mol. The number of nitrogens with zero attached hydrogens (tertiary/aromatic N) is 1. The molecule has 2 atom stereocenters. The predicted molar refractivity (Wildman–Crippen MR) is 159 cm³/mol. The normalized spacial score (nSPS) is 23.6. The summed E-state index contributed by atoms with van der Waals surface area (Å²) in [6.45, 7) is 4.67. The summed E-state index contributed by atoms with van der Waals surface area (Å²) >= 11 is 0. The summed E-state index contributed by atoms with van der Waals surface area (Å²) in [6.07, 6.45) is 1.76. The van der Waals surface area contributed by atoms with Crippen molar-refractivity contribution in [1.29, 1.82) is 0 Å². The molecule has 1 aliphatic carbocycles. The fourth-order valence-corrected chi connectivity index (χ4v) is 7.75. The molecule has 4 aromatic rings. The number of rotatable bonds is 10. The first kappa shape index (κ1) is 28.5. The van der Waals surface area contributed by atoms with E-state index in [1.807, 2.05) is 42.5 Å². The number of carbonyl (C=O) groups is 1. The second-order valence-corrected chi connectivity index (χ2v) is 12.2. The SMILES string of the molecule is NC(=O)C(CC1C2C[N+](CCc3ccc4c(c3)OCO4)(Cc3ccccc3)CC12)(c1ccccc1)c1ccccc1.[Br-]. The Morgan fingerprint density at radius 2 is 1.33 bits per heavy atom. The van der Waals surface area contributed by atoms with Gasteiger partial charge in [0.15, 0.2) is 11.5 Å². The molecule has 0 bridgehead atoms. The smallest absolute Gasteiger partial charge is 0.232 e. The molecule has 2 unspecified atom stereocenters. The minimum Gasteiger partial charge on any atom is -1.00 e. The average molecular weight is 626 g/mol. The minimum atomic E-state index is -0.820. The highest BCUT2D eigenvalue weighted by Crippen LogP contribution is 2.60. The summed E-state index contributed by atoms with van der Waals surface area (Å²) in [7, 11) is 0.